The molecular weight excluding hydrogens is 440 g/mol. The molecule has 0 aliphatic heterocycles. The minimum Gasteiger partial charge on any atom is -0.290 e. The predicted octanol–water partition coefficient (Wildman–Crippen LogP) is 4.79. The van der Waals surface area contributed by atoms with Gasteiger partial charge in [0, 0.05) is 5.56 Å². The molecule has 0 spiro atoms. The van der Waals surface area contributed by atoms with Gasteiger partial charge in [-0.3, -0.25) is 9.78 Å². The van der Waals surface area contributed by atoms with Crippen molar-refractivity contribution in [2.75, 3.05) is 5.43 Å². The fourth-order valence-corrected chi connectivity index (χ4v) is 2.66. The fourth-order valence-electron chi connectivity index (χ4n) is 2.66. The van der Waals surface area contributed by atoms with Crippen molar-refractivity contribution in [1.29, 1.82) is 5.26 Å². The lowest BCUT2D eigenvalue weighted by molar-refractivity contribution is -0.143. The molecule has 0 radical (unpaired) electrons. The highest BCUT2D eigenvalue weighted by atomic mass is 19.4. The largest absolute Gasteiger partial charge is 0.416 e. The third kappa shape index (κ3) is 5.12. The van der Waals surface area contributed by atoms with Crippen LogP contribution in [0.1, 0.15) is 22.3 Å². The normalized spacial score (nSPS) is 12.0. The maximum Gasteiger partial charge on any atom is 0.416 e. The quantitative estimate of drug-likeness (QED) is 0.339. The van der Waals surface area contributed by atoms with Crippen molar-refractivity contribution in [3.63, 3.8) is 0 Å². The van der Waals surface area contributed by atoms with Crippen LogP contribution in [0.25, 0.3) is 11.3 Å². The summed E-state index contributed by atoms with van der Waals surface area (Å²) >= 11 is 0. The first-order valence-corrected chi connectivity index (χ1v) is 8.67. The van der Waals surface area contributed by atoms with E-state index in [4.69, 9.17) is 0 Å². The van der Waals surface area contributed by atoms with Crippen molar-refractivity contribution >= 4 is 12.2 Å². The van der Waals surface area contributed by atoms with Gasteiger partial charge in [-0.05, 0) is 23.8 Å². The Morgan fingerprint density at radius 2 is 1.59 bits per heavy atom. The van der Waals surface area contributed by atoms with E-state index in [-0.39, 0.29) is 23.3 Å². The van der Waals surface area contributed by atoms with Gasteiger partial charge in [0.25, 0.3) is 5.56 Å². The third-order valence-corrected chi connectivity index (χ3v) is 4.07. The molecule has 12 heteroatoms. The number of hydrogen-bond acceptors (Lipinski definition) is 5. The van der Waals surface area contributed by atoms with Gasteiger partial charge in [-0.25, -0.2) is 10.4 Å². The van der Waals surface area contributed by atoms with Gasteiger partial charge in [-0.2, -0.15) is 36.7 Å². The molecule has 0 unspecified atom stereocenters. The Morgan fingerprint density at radius 1 is 1.00 bits per heavy atom. The second-order valence-electron chi connectivity index (χ2n) is 6.33. The number of alkyl halides is 6. The molecule has 0 aliphatic carbocycles. The van der Waals surface area contributed by atoms with Crippen molar-refractivity contribution < 1.29 is 26.3 Å². The van der Waals surface area contributed by atoms with E-state index in [9.17, 15) is 36.4 Å². The first-order valence-electron chi connectivity index (χ1n) is 8.67. The molecule has 2 N–H and O–H groups in total. The summed E-state index contributed by atoms with van der Waals surface area (Å²) < 4.78 is 77.6. The zero-order chi connectivity index (χ0) is 23.5. The highest BCUT2D eigenvalue weighted by molar-refractivity contribution is 5.81. The predicted molar refractivity (Wildman–Crippen MR) is 103 cm³/mol. The van der Waals surface area contributed by atoms with Crippen LogP contribution in [0, 0.1) is 11.3 Å². The van der Waals surface area contributed by atoms with E-state index in [1.165, 1.54) is 0 Å². The van der Waals surface area contributed by atoms with Gasteiger partial charge in [0.1, 0.15) is 11.6 Å². The summed E-state index contributed by atoms with van der Waals surface area (Å²) in [7, 11) is 0. The van der Waals surface area contributed by atoms with E-state index in [1.54, 1.807) is 36.4 Å². The van der Waals surface area contributed by atoms with Gasteiger partial charge in [-0.1, -0.05) is 30.3 Å². The molecule has 3 aromatic rings. The monoisotopic (exact) mass is 451 g/mol. The molecule has 0 aliphatic rings. The molecule has 6 nitrogen and oxygen atoms in total. The zero-order valence-electron chi connectivity index (χ0n) is 15.7. The lowest BCUT2D eigenvalue weighted by atomic mass is 10.1. The second kappa shape index (κ2) is 8.54. The molecule has 0 bridgehead atoms. The second-order valence-corrected chi connectivity index (χ2v) is 6.33. The van der Waals surface area contributed by atoms with Crippen LogP contribution in [0.4, 0.5) is 32.3 Å². The molecule has 164 valence electrons. The Balaban J connectivity index is 1.95. The van der Waals surface area contributed by atoms with Crippen LogP contribution in [-0.2, 0) is 12.4 Å². The highest BCUT2D eigenvalue weighted by Crippen LogP contribution is 2.36. The average Bonchev–Trinajstić information content (AvgIpc) is 2.72. The van der Waals surface area contributed by atoms with Crippen molar-refractivity contribution in [3.8, 4) is 17.3 Å². The highest BCUT2D eigenvalue weighted by Gasteiger charge is 2.36. The van der Waals surface area contributed by atoms with Crippen LogP contribution in [0.5, 0.6) is 0 Å². The molecule has 0 amide bonds. The average molecular weight is 451 g/mol. The lowest BCUT2D eigenvalue weighted by Gasteiger charge is -2.12. The lowest BCUT2D eigenvalue weighted by Crippen LogP contribution is -2.16. The summed E-state index contributed by atoms with van der Waals surface area (Å²) in [4.78, 5) is 18.4. The fraction of sp³-hybridized carbons (Fsp3) is 0.100. The van der Waals surface area contributed by atoms with Gasteiger partial charge in [0.05, 0.1) is 23.0 Å². The van der Waals surface area contributed by atoms with Gasteiger partial charge in [-0.15, -0.1) is 0 Å². The summed E-state index contributed by atoms with van der Waals surface area (Å²) in [5.74, 6) is -0.271. The first-order chi connectivity index (χ1) is 15.0. The van der Waals surface area contributed by atoms with Crippen molar-refractivity contribution in [1.82, 2.24) is 9.97 Å². The molecular formula is C20H11F6N5O. The zero-order valence-corrected chi connectivity index (χ0v) is 15.7. The molecule has 32 heavy (non-hydrogen) atoms. The smallest absolute Gasteiger partial charge is 0.290 e. The van der Waals surface area contributed by atoms with E-state index < -0.39 is 34.6 Å². The Bertz CT molecular complexity index is 1220. The van der Waals surface area contributed by atoms with E-state index in [1.807, 2.05) is 0 Å². The maximum absolute atomic E-state index is 12.9. The van der Waals surface area contributed by atoms with E-state index in [0.29, 0.717) is 23.9 Å². The molecule has 2 aromatic carbocycles. The number of hydrogen-bond donors (Lipinski definition) is 2. The number of H-pyrrole nitrogens is 1. The number of nitrogens with one attached hydrogen (secondary N) is 2. The summed E-state index contributed by atoms with van der Waals surface area (Å²) in [6.45, 7) is 0. The summed E-state index contributed by atoms with van der Waals surface area (Å²) in [5.41, 5.74) is -1.86. The van der Waals surface area contributed by atoms with Gasteiger partial charge in [0.2, 0.25) is 5.95 Å². The number of anilines is 1. The number of nitriles is 1. The number of benzene rings is 2. The number of rotatable bonds is 4. The summed E-state index contributed by atoms with van der Waals surface area (Å²) in [6, 6.07) is 10.9. The molecule has 0 saturated carbocycles. The molecule has 1 heterocycles. The Hall–Kier alpha value is -4.14. The van der Waals surface area contributed by atoms with E-state index in [2.05, 4.69) is 20.5 Å². The van der Waals surface area contributed by atoms with Crippen molar-refractivity contribution in [2.45, 2.75) is 12.4 Å². The first kappa shape index (κ1) is 22.5. The van der Waals surface area contributed by atoms with Crippen LogP contribution in [0.3, 0.4) is 0 Å². The van der Waals surface area contributed by atoms with Crippen LogP contribution in [0.2, 0.25) is 0 Å². The number of nitrogens with zero attached hydrogens (tertiary/aromatic N) is 3. The molecule has 0 fully saturated rings. The van der Waals surface area contributed by atoms with E-state index in [0.717, 1.165) is 0 Å². The topological polar surface area (TPSA) is 93.9 Å². The number of aromatic nitrogens is 2. The molecule has 0 saturated heterocycles. The van der Waals surface area contributed by atoms with Crippen molar-refractivity contribution in [2.24, 2.45) is 5.10 Å². The van der Waals surface area contributed by atoms with E-state index >= 15 is 0 Å². The minimum absolute atomic E-state index is 0.00341. The number of halogens is 6. The Labute approximate surface area is 175 Å². The standard InChI is InChI=1S/C20H11F6N5O/c21-19(22,23)13-6-11(7-14(8-13)20(24,25)26)10-28-31-18-29-16(12-4-2-1-3-5-12)15(9-27)17(32)30-18/h1-8,10H,(H2,29,30,31,32). The van der Waals surface area contributed by atoms with Crippen LogP contribution < -0.4 is 11.0 Å². The van der Waals surface area contributed by atoms with Crippen LogP contribution in [0.15, 0.2) is 58.4 Å². The van der Waals surface area contributed by atoms with Gasteiger partial charge >= 0.3 is 12.4 Å². The molecule has 3 rings (SSSR count). The number of aromatic amines is 1. The number of hydrazone groups is 1. The summed E-state index contributed by atoms with van der Waals surface area (Å²) in [6.07, 6.45) is -9.28. The van der Waals surface area contributed by atoms with Crippen molar-refractivity contribution in [3.05, 3.63) is 81.1 Å². The van der Waals surface area contributed by atoms with Crippen LogP contribution >= 0.6 is 0 Å². The SMILES string of the molecule is N#Cc1c(-c2ccccc2)nc(NN=Cc2cc(C(F)(F)F)cc(C(F)(F)F)c2)[nH]c1=O. The summed E-state index contributed by atoms with van der Waals surface area (Å²) in [5, 5.41) is 12.8. The van der Waals surface area contributed by atoms with Gasteiger partial charge in [0.15, 0.2) is 0 Å². The Kier molecular flexibility index (Phi) is 6.02. The maximum atomic E-state index is 12.9. The minimum atomic E-state index is -5.00. The van der Waals surface area contributed by atoms with Gasteiger partial charge < -0.3 is 0 Å². The van der Waals surface area contributed by atoms with Crippen LogP contribution in [-0.4, -0.2) is 16.2 Å². The molecule has 0 atom stereocenters. The Morgan fingerprint density at radius 3 is 2.12 bits per heavy atom. The third-order valence-electron chi connectivity index (χ3n) is 4.07. The molecule has 1 aromatic heterocycles.